The topological polar surface area (TPSA) is 86.0 Å². The Morgan fingerprint density at radius 2 is 2.22 bits per heavy atom. The summed E-state index contributed by atoms with van der Waals surface area (Å²) in [4.78, 5) is 13.1. The second-order valence-corrected chi connectivity index (χ2v) is 5.93. The lowest BCUT2D eigenvalue weighted by Gasteiger charge is -2.05. The first-order valence-corrected chi connectivity index (χ1v) is 6.82. The molecule has 96 valence electrons. The van der Waals surface area contributed by atoms with Gasteiger partial charge in [-0.25, -0.2) is 0 Å². The first kappa shape index (κ1) is 13.0. The van der Waals surface area contributed by atoms with E-state index in [-0.39, 0.29) is 12.0 Å². The van der Waals surface area contributed by atoms with Crippen molar-refractivity contribution >= 4 is 39.2 Å². The molecule has 0 atom stereocenters. The van der Waals surface area contributed by atoms with Crippen LogP contribution in [0.1, 0.15) is 4.88 Å². The lowest BCUT2D eigenvalue weighted by molar-refractivity contribution is 0.379. The standard InChI is InChI=1S/C10H12BrN5OS/c1-17-10-15-8(12)14-9(16-10)13-5-4-6-2-3-7(11)18-6/h2-3H,4-5H2,1H3,(H3,12,13,14,15,16). The van der Waals surface area contributed by atoms with Crippen LogP contribution in [0.25, 0.3) is 0 Å². The van der Waals surface area contributed by atoms with Gasteiger partial charge in [-0.3, -0.25) is 0 Å². The second-order valence-electron chi connectivity index (χ2n) is 3.39. The molecule has 18 heavy (non-hydrogen) atoms. The number of thiophene rings is 1. The van der Waals surface area contributed by atoms with E-state index in [9.17, 15) is 0 Å². The van der Waals surface area contributed by atoms with Crippen molar-refractivity contribution in [2.24, 2.45) is 0 Å². The van der Waals surface area contributed by atoms with Gasteiger partial charge in [-0.15, -0.1) is 11.3 Å². The average Bonchev–Trinajstić information content (AvgIpc) is 2.74. The summed E-state index contributed by atoms with van der Waals surface area (Å²) < 4.78 is 6.05. The highest BCUT2D eigenvalue weighted by Gasteiger charge is 2.04. The zero-order valence-electron chi connectivity index (χ0n) is 9.68. The molecular formula is C10H12BrN5OS. The highest BCUT2D eigenvalue weighted by atomic mass is 79.9. The molecule has 8 heteroatoms. The normalized spacial score (nSPS) is 10.3. The fourth-order valence-corrected chi connectivity index (χ4v) is 2.81. The van der Waals surface area contributed by atoms with Crippen LogP contribution in [0.5, 0.6) is 6.01 Å². The Morgan fingerprint density at radius 3 is 2.89 bits per heavy atom. The van der Waals surface area contributed by atoms with Crippen molar-refractivity contribution in [1.82, 2.24) is 15.0 Å². The molecule has 0 bridgehead atoms. The van der Waals surface area contributed by atoms with Gasteiger partial charge in [0.1, 0.15) is 0 Å². The maximum atomic E-state index is 5.53. The van der Waals surface area contributed by atoms with Crippen LogP contribution in [0.15, 0.2) is 15.9 Å². The molecule has 2 aromatic rings. The quantitative estimate of drug-likeness (QED) is 0.871. The molecule has 0 aromatic carbocycles. The molecule has 2 heterocycles. The average molecular weight is 330 g/mol. The lowest BCUT2D eigenvalue weighted by Crippen LogP contribution is -2.10. The van der Waals surface area contributed by atoms with Crippen molar-refractivity contribution in [1.29, 1.82) is 0 Å². The zero-order valence-corrected chi connectivity index (χ0v) is 12.1. The Hall–Kier alpha value is -1.41. The molecule has 0 unspecified atom stereocenters. The zero-order chi connectivity index (χ0) is 13.0. The fourth-order valence-electron chi connectivity index (χ4n) is 1.33. The number of hydrogen-bond donors (Lipinski definition) is 2. The van der Waals surface area contributed by atoms with Crippen molar-refractivity contribution in [3.63, 3.8) is 0 Å². The fraction of sp³-hybridized carbons (Fsp3) is 0.300. The number of hydrogen-bond acceptors (Lipinski definition) is 7. The van der Waals surface area contributed by atoms with E-state index in [2.05, 4.69) is 42.3 Å². The summed E-state index contributed by atoms with van der Waals surface area (Å²) in [7, 11) is 1.49. The molecule has 0 spiro atoms. The van der Waals surface area contributed by atoms with Gasteiger partial charge in [-0.05, 0) is 34.5 Å². The molecule has 6 nitrogen and oxygen atoms in total. The predicted molar refractivity (Wildman–Crippen MR) is 75.0 cm³/mol. The Balaban J connectivity index is 1.91. The minimum absolute atomic E-state index is 0.142. The van der Waals surface area contributed by atoms with Crippen molar-refractivity contribution < 1.29 is 4.74 Å². The lowest BCUT2D eigenvalue weighted by atomic mass is 10.3. The monoisotopic (exact) mass is 329 g/mol. The van der Waals surface area contributed by atoms with Crippen LogP contribution < -0.4 is 15.8 Å². The van der Waals surface area contributed by atoms with Gasteiger partial charge in [0.2, 0.25) is 11.9 Å². The van der Waals surface area contributed by atoms with Gasteiger partial charge >= 0.3 is 6.01 Å². The first-order chi connectivity index (χ1) is 8.67. The third-order valence-corrected chi connectivity index (χ3v) is 3.78. The number of methoxy groups -OCH3 is 1. The largest absolute Gasteiger partial charge is 0.467 e. The summed E-state index contributed by atoms with van der Waals surface area (Å²) in [5.74, 6) is 0.568. The number of nitrogens with one attached hydrogen (secondary N) is 1. The molecule has 0 saturated heterocycles. The van der Waals surface area contributed by atoms with Gasteiger partial charge in [-0.1, -0.05) is 0 Å². The number of halogens is 1. The maximum absolute atomic E-state index is 5.53. The first-order valence-electron chi connectivity index (χ1n) is 5.21. The van der Waals surface area contributed by atoms with E-state index >= 15 is 0 Å². The van der Waals surface area contributed by atoms with Gasteiger partial charge in [0, 0.05) is 11.4 Å². The number of rotatable bonds is 5. The van der Waals surface area contributed by atoms with Crippen LogP contribution in [-0.2, 0) is 6.42 Å². The third-order valence-electron chi connectivity index (χ3n) is 2.10. The second kappa shape index (κ2) is 5.96. The van der Waals surface area contributed by atoms with Crippen LogP contribution in [0.4, 0.5) is 11.9 Å². The van der Waals surface area contributed by atoms with E-state index < -0.39 is 0 Å². The summed E-state index contributed by atoms with van der Waals surface area (Å²) >= 11 is 5.14. The van der Waals surface area contributed by atoms with E-state index in [1.54, 1.807) is 11.3 Å². The predicted octanol–water partition coefficient (Wildman–Crippen LogP) is 1.94. The minimum atomic E-state index is 0.142. The number of nitrogens with two attached hydrogens (primary N) is 1. The van der Waals surface area contributed by atoms with Gasteiger partial charge in [0.15, 0.2) is 0 Å². The Kier molecular flexibility index (Phi) is 4.32. The number of nitrogens with zero attached hydrogens (tertiary/aromatic N) is 3. The van der Waals surface area contributed by atoms with E-state index in [0.29, 0.717) is 5.95 Å². The van der Waals surface area contributed by atoms with E-state index in [1.165, 1.54) is 12.0 Å². The Morgan fingerprint density at radius 1 is 1.39 bits per heavy atom. The van der Waals surface area contributed by atoms with Crippen molar-refractivity contribution in [3.05, 3.63) is 20.8 Å². The van der Waals surface area contributed by atoms with Gasteiger partial charge < -0.3 is 15.8 Å². The molecule has 0 saturated carbocycles. The molecule has 0 aliphatic carbocycles. The van der Waals surface area contributed by atoms with Crippen LogP contribution in [-0.4, -0.2) is 28.6 Å². The van der Waals surface area contributed by atoms with Crippen molar-refractivity contribution in [3.8, 4) is 6.01 Å². The Bertz CT molecular complexity index is 533. The SMILES string of the molecule is COc1nc(N)nc(NCCc2ccc(Br)s2)n1. The molecule has 0 aliphatic rings. The number of nitrogen functional groups attached to an aromatic ring is 1. The smallest absolute Gasteiger partial charge is 0.322 e. The molecule has 0 aliphatic heterocycles. The molecular weight excluding hydrogens is 318 g/mol. The van der Waals surface area contributed by atoms with E-state index in [0.717, 1.165) is 16.8 Å². The molecule has 2 aromatic heterocycles. The minimum Gasteiger partial charge on any atom is -0.467 e. The summed E-state index contributed by atoms with van der Waals surface area (Å²) in [6.07, 6.45) is 0.893. The number of aromatic nitrogens is 3. The van der Waals surface area contributed by atoms with E-state index in [1.807, 2.05) is 6.07 Å². The molecule has 0 amide bonds. The number of anilines is 2. The third kappa shape index (κ3) is 3.54. The molecule has 0 fully saturated rings. The van der Waals surface area contributed by atoms with Gasteiger partial charge in [-0.2, -0.15) is 15.0 Å². The maximum Gasteiger partial charge on any atom is 0.322 e. The van der Waals surface area contributed by atoms with Crippen molar-refractivity contribution in [2.45, 2.75) is 6.42 Å². The Labute approximate surface area is 117 Å². The van der Waals surface area contributed by atoms with E-state index in [4.69, 9.17) is 10.5 Å². The summed E-state index contributed by atoms with van der Waals surface area (Å²) in [5.41, 5.74) is 5.53. The number of ether oxygens (including phenoxy) is 1. The van der Waals surface area contributed by atoms with Crippen molar-refractivity contribution in [2.75, 3.05) is 24.7 Å². The van der Waals surface area contributed by atoms with Crippen LogP contribution in [0.3, 0.4) is 0 Å². The molecule has 2 rings (SSSR count). The summed E-state index contributed by atoms with van der Waals surface area (Å²) in [5, 5.41) is 3.09. The highest BCUT2D eigenvalue weighted by molar-refractivity contribution is 9.11. The summed E-state index contributed by atoms with van der Waals surface area (Å²) in [6, 6.07) is 4.33. The highest BCUT2D eigenvalue weighted by Crippen LogP contribution is 2.22. The van der Waals surface area contributed by atoms with Crippen LogP contribution in [0, 0.1) is 0 Å². The molecule has 0 radical (unpaired) electrons. The van der Waals surface area contributed by atoms with Crippen LogP contribution >= 0.6 is 27.3 Å². The van der Waals surface area contributed by atoms with Gasteiger partial charge in [0.05, 0.1) is 10.9 Å². The van der Waals surface area contributed by atoms with Gasteiger partial charge in [0.25, 0.3) is 0 Å². The summed E-state index contributed by atoms with van der Waals surface area (Å²) in [6.45, 7) is 0.722. The molecule has 3 N–H and O–H groups in total. The van der Waals surface area contributed by atoms with Crippen LogP contribution in [0.2, 0.25) is 0 Å².